The van der Waals surface area contributed by atoms with Crippen molar-refractivity contribution < 1.29 is 0 Å². The first kappa shape index (κ1) is 16.2. The zero-order valence-corrected chi connectivity index (χ0v) is 15.1. The van der Waals surface area contributed by atoms with E-state index in [0.29, 0.717) is 6.04 Å². The van der Waals surface area contributed by atoms with Gasteiger partial charge in [-0.15, -0.1) is 0 Å². The van der Waals surface area contributed by atoms with Gasteiger partial charge in [0.25, 0.3) is 0 Å². The molecule has 0 amide bonds. The van der Waals surface area contributed by atoms with E-state index in [1.807, 2.05) is 4.68 Å². The molecule has 0 radical (unpaired) electrons. The van der Waals surface area contributed by atoms with Crippen molar-refractivity contribution in [2.45, 2.75) is 47.1 Å². The van der Waals surface area contributed by atoms with Crippen LogP contribution < -0.4 is 5.32 Å². The third-order valence-corrected chi connectivity index (χ3v) is 4.69. The Morgan fingerprint density at radius 3 is 2.52 bits per heavy atom. The van der Waals surface area contributed by atoms with Gasteiger partial charge in [-0.1, -0.05) is 13.0 Å². The summed E-state index contributed by atoms with van der Waals surface area (Å²) < 4.78 is 3.10. The molecule has 1 heterocycles. The van der Waals surface area contributed by atoms with Crippen LogP contribution in [0.1, 0.15) is 48.8 Å². The van der Waals surface area contributed by atoms with Gasteiger partial charge in [0.1, 0.15) is 0 Å². The van der Waals surface area contributed by atoms with Crippen LogP contribution in [0, 0.1) is 20.8 Å². The normalized spacial score (nSPS) is 12.7. The SMILES string of the molecule is CCCNC(C)c1ccc(-n2nc(C)c(C)c2C)c(Br)c1. The maximum Gasteiger partial charge on any atom is 0.0791 e. The Balaban J connectivity index is 2.33. The minimum atomic E-state index is 0.359. The quantitative estimate of drug-likeness (QED) is 0.853. The van der Waals surface area contributed by atoms with Crippen LogP contribution in [-0.4, -0.2) is 16.3 Å². The Kier molecular flexibility index (Phi) is 5.22. The van der Waals surface area contributed by atoms with E-state index in [4.69, 9.17) is 0 Å². The zero-order chi connectivity index (χ0) is 15.6. The zero-order valence-electron chi connectivity index (χ0n) is 13.5. The number of aryl methyl sites for hydroxylation is 1. The Morgan fingerprint density at radius 2 is 2.00 bits per heavy atom. The molecule has 2 aromatic rings. The molecule has 1 atom stereocenters. The van der Waals surface area contributed by atoms with E-state index in [9.17, 15) is 0 Å². The van der Waals surface area contributed by atoms with Gasteiger partial charge >= 0.3 is 0 Å². The Hall–Kier alpha value is -1.13. The van der Waals surface area contributed by atoms with E-state index in [1.165, 1.54) is 16.8 Å². The number of benzene rings is 1. The van der Waals surface area contributed by atoms with Crippen LogP contribution in [0.5, 0.6) is 0 Å². The molecule has 0 saturated heterocycles. The van der Waals surface area contributed by atoms with Crippen LogP contribution >= 0.6 is 15.9 Å². The Bertz CT molecular complexity index is 631. The van der Waals surface area contributed by atoms with Gasteiger partial charge in [0, 0.05) is 16.2 Å². The fourth-order valence-electron chi connectivity index (χ4n) is 2.40. The van der Waals surface area contributed by atoms with Gasteiger partial charge in [-0.25, -0.2) is 4.68 Å². The molecule has 1 aromatic heterocycles. The number of hydrogen-bond acceptors (Lipinski definition) is 2. The summed E-state index contributed by atoms with van der Waals surface area (Å²) in [6, 6.07) is 6.87. The van der Waals surface area contributed by atoms with Crippen LogP contribution in [0.25, 0.3) is 5.69 Å². The fourth-order valence-corrected chi connectivity index (χ4v) is 2.96. The molecule has 0 aliphatic heterocycles. The van der Waals surface area contributed by atoms with E-state index in [0.717, 1.165) is 28.8 Å². The van der Waals surface area contributed by atoms with Gasteiger partial charge in [-0.2, -0.15) is 5.10 Å². The van der Waals surface area contributed by atoms with Gasteiger partial charge in [0.15, 0.2) is 0 Å². The molecule has 21 heavy (non-hydrogen) atoms. The summed E-state index contributed by atoms with van der Waals surface area (Å²) in [5.74, 6) is 0. The van der Waals surface area contributed by atoms with Crippen molar-refractivity contribution in [1.82, 2.24) is 15.1 Å². The largest absolute Gasteiger partial charge is 0.310 e. The molecular weight excluding hydrogens is 326 g/mol. The molecule has 1 N–H and O–H groups in total. The lowest BCUT2D eigenvalue weighted by atomic mass is 10.1. The standard InChI is InChI=1S/C17H24BrN3/c1-6-9-19-13(4)15-7-8-17(16(18)10-15)21-14(5)11(2)12(3)20-21/h7-8,10,13,19H,6,9H2,1-5H3. The van der Waals surface area contributed by atoms with E-state index in [2.05, 4.69) is 79.2 Å². The van der Waals surface area contributed by atoms with Crippen molar-refractivity contribution in [2.24, 2.45) is 0 Å². The predicted octanol–water partition coefficient (Wildman–Crippen LogP) is 4.62. The van der Waals surface area contributed by atoms with E-state index >= 15 is 0 Å². The lowest BCUT2D eigenvalue weighted by Gasteiger charge is -2.16. The molecule has 4 heteroatoms. The molecule has 0 spiro atoms. The average Bonchev–Trinajstić information content (AvgIpc) is 2.72. The topological polar surface area (TPSA) is 29.9 Å². The summed E-state index contributed by atoms with van der Waals surface area (Å²) in [6.07, 6.45) is 1.15. The van der Waals surface area contributed by atoms with E-state index in [1.54, 1.807) is 0 Å². The third kappa shape index (κ3) is 3.38. The number of hydrogen-bond donors (Lipinski definition) is 1. The second-order valence-corrected chi connectivity index (χ2v) is 6.45. The molecule has 1 aromatic carbocycles. The summed E-state index contributed by atoms with van der Waals surface area (Å²) in [5, 5.41) is 8.15. The van der Waals surface area contributed by atoms with Crippen LogP contribution in [0.2, 0.25) is 0 Å². The maximum atomic E-state index is 4.64. The summed E-state index contributed by atoms with van der Waals surface area (Å²) in [5.41, 5.74) is 5.91. The molecule has 0 saturated carbocycles. The molecular formula is C17H24BrN3. The molecule has 0 fully saturated rings. The van der Waals surface area contributed by atoms with Gasteiger partial charge < -0.3 is 5.32 Å². The monoisotopic (exact) mass is 349 g/mol. The second kappa shape index (κ2) is 6.75. The number of nitrogens with zero attached hydrogens (tertiary/aromatic N) is 2. The van der Waals surface area contributed by atoms with Crippen molar-refractivity contribution in [1.29, 1.82) is 0 Å². The van der Waals surface area contributed by atoms with Crippen molar-refractivity contribution in [3.63, 3.8) is 0 Å². The van der Waals surface area contributed by atoms with Crippen molar-refractivity contribution >= 4 is 15.9 Å². The summed E-state index contributed by atoms with van der Waals surface area (Å²) in [7, 11) is 0. The third-order valence-electron chi connectivity index (χ3n) is 4.05. The van der Waals surface area contributed by atoms with Crippen LogP contribution in [-0.2, 0) is 0 Å². The maximum absolute atomic E-state index is 4.64. The van der Waals surface area contributed by atoms with Crippen molar-refractivity contribution in [3.8, 4) is 5.69 Å². The minimum Gasteiger partial charge on any atom is -0.310 e. The molecule has 0 aliphatic rings. The van der Waals surface area contributed by atoms with Gasteiger partial charge in [-0.05, 0) is 79.9 Å². The number of rotatable bonds is 5. The van der Waals surface area contributed by atoms with E-state index in [-0.39, 0.29) is 0 Å². The predicted molar refractivity (Wildman–Crippen MR) is 92.2 cm³/mol. The van der Waals surface area contributed by atoms with Crippen molar-refractivity contribution in [3.05, 3.63) is 45.2 Å². The molecule has 2 rings (SSSR count). The van der Waals surface area contributed by atoms with Crippen LogP contribution in [0.4, 0.5) is 0 Å². The Morgan fingerprint density at radius 1 is 1.29 bits per heavy atom. The summed E-state index contributed by atoms with van der Waals surface area (Å²) in [6.45, 7) is 11.7. The smallest absolute Gasteiger partial charge is 0.0791 e. The highest BCUT2D eigenvalue weighted by Crippen LogP contribution is 2.27. The first-order chi connectivity index (χ1) is 9.95. The highest BCUT2D eigenvalue weighted by Gasteiger charge is 2.13. The first-order valence-electron chi connectivity index (χ1n) is 7.51. The molecule has 114 valence electrons. The van der Waals surface area contributed by atoms with Crippen molar-refractivity contribution in [2.75, 3.05) is 6.54 Å². The molecule has 1 unspecified atom stereocenters. The number of aromatic nitrogens is 2. The highest BCUT2D eigenvalue weighted by molar-refractivity contribution is 9.10. The number of nitrogens with one attached hydrogen (secondary N) is 1. The average molecular weight is 350 g/mol. The molecule has 3 nitrogen and oxygen atoms in total. The Labute approximate surface area is 135 Å². The number of halogens is 1. The lowest BCUT2D eigenvalue weighted by Crippen LogP contribution is -2.19. The summed E-state index contributed by atoms with van der Waals surface area (Å²) >= 11 is 3.70. The highest BCUT2D eigenvalue weighted by atomic mass is 79.9. The fraction of sp³-hybridized carbons (Fsp3) is 0.471. The van der Waals surface area contributed by atoms with Crippen LogP contribution in [0.15, 0.2) is 22.7 Å². The van der Waals surface area contributed by atoms with Crippen LogP contribution in [0.3, 0.4) is 0 Å². The lowest BCUT2D eigenvalue weighted by molar-refractivity contribution is 0.570. The summed E-state index contributed by atoms with van der Waals surface area (Å²) in [4.78, 5) is 0. The van der Waals surface area contributed by atoms with Gasteiger partial charge in [0.2, 0.25) is 0 Å². The van der Waals surface area contributed by atoms with E-state index < -0.39 is 0 Å². The molecule has 0 bridgehead atoms. The first-order valence-corrected chi connectivity index (χ1v) is 8.31. The minimum absolute atomic E-state index is 0.359. The second-order valence-electron chi connectivity index (χ2n) is 5.59. The van der Waals surface area contributed by atoms with Gasteiger partial charge in [0.05, 0.1) is 11.4 Å². The molecule has 0 aliphatic carbocycles. The van der Waals surface area contributed by atoms with Gasteiger partial charge in [-0.3, -0.25) is 0 Å².